The third-order valence-corrected chi connectivity index (χ3v) is 4.97. The average molecular weight is 384 g/mol. The third-order valence-electron chi connectivity index (χ3n) is 4.97. The van der Waals surface area contributed by atoms with Crippen molar-refractivity contribution in [3.8, 4) is 5.75 Å². The molecule has 2 atom stereocenters. The first-order valence-electron chi connectivity index (χ1n) is 9.73. The Bertz CT molecular complexity index is 829. The molecule has 7 nitrogen and oxygen atoms in total. The Kier molecular flexibility index (Phi) is 6.34. The van der Waals surface area contributed by atoms with E-state index in [1.807, 2.05) is 42.8 Å². The number of nitrogens with zero attached hydrogens (tertiary/aromatic N) is 2. The van der Waals surface area contributed by atoms with E-state index in [0.29, 0.717) is 24.6 Å². The van der Waals surface area contributed by atoms with Gasteiger partial charge in [0.25, 0.3) is 5.91 Å². The highest BCUT2D eigenvalue weighted by Crippen LogP contribution is 2.22. The molecule has 28 heavy (non-hydrogen) atoms. The molecule has 0 aliphatic carbocycles. The van der Waals surface area contributed by atoms with Crippen LogP contribution in [0.3, 0.4) is 0 Å². The van der Waals surface area contributed by atoms with Crippen LogP contribution in [0.25, 0.3) is 0 Å². The number of amides is 2. The molecule has 0 saturated heterocycles. The molecule has 0 unspecified atom stereocenters. The molecule has 150 valence electrons. The predicted octanol–water partition coefficient (Wildman–Crippen LogP) is 2.09. The van der Waals surface area contributed by atoms with Crippen molar-refractivity contribution in [3.05, 3.63) is 47.3 Å². The van der Waals surface area contributed by atoms with Crippen molar-refractivity contribution in [2.75, 3.05) is 13.1 Å². The molecule has 2 aromatic rings. The van der Waals surface area contributed by atoms with E-state index >= 15 is 0 Å². The number of carbonyl (C=O) groups excluding carboxylic acids is 2. The second-order valence-corrected chi connectivity index (χ2v) is 7.48. The van der Waals surface area contributed by atoms with Crippen LogP contribution in [0.2, 0.25) is 0 Å². The number of hydrogen-bond donors (Lipinski definition) is 2. The standard InChI is InChI=1S/C21H28N4O3/c1-14-4-6-18(7-5-14)28-15(2)11-23-21(27)19-13-24-25-9-8-17(10-20(19)25)12-22-16(3)26/h4-7,13,15,17H,8-12H2,1-3H3,(H,22,26)(H,23,27)/t15-,17-/m1/s1. The van der Waals surface area contributed by atoms with Gasteiger partial charge in [0.2, 0.25) is 5.91 Å². The maximum atomic E-state index is 12.7. The van der Waals surface area contributed by atoms with E-state index in [4.69, 9.17) is 4.74 Å². The minimum atomic E-state index is -0.148. The monoisotopic (exact) mass is 384 g/mol. The Labute approximate surface area is 165 Å². The van der Waals surface area contributed by atoms with E-state index in [1.54, 1.807) is 6.20 Å². The van der Waals surface area contributed by atoms with Crippen molar-refractivity contribution < 1.29 is 14.3 Å². The van der Waals surface area contributed by atoms with Gasteiger partial charge in [-0.2, -0.15) is 5.10 Å². The zero-order chi connectivity index (χ0) is 20.1. The highest BCUT2D eigenvalue weighted by atomic mass is 16.5. The lowest BCUT2D eigenvalue weighted by Gasteiger charge is -2.24. The minimum absolute atomic E-state index is 0.0281. The van der Waals surface area contributed by atoms with Crippen molar-refractivity contribution in [3.63, 3.8) is 0 Å². The minimum Gasteiger partial charge on any atom is -0.489 e. The second kappa shape index (κ2) is 8.91. The first-order chi connectivity index (χ1) is 13.4. The Morgan fingerprint density at radius 2 is 2.04 bits per heavy atom. The van der Waals surface area contributed by atoms with Gasteiger partial charge in [-0.3, -0.25) is 14.3 Å². The molecule has 0 spiro atoms. The van der Waals surface area contributed by atoms with Gasteiger partial charge in [-0.25, -0.2) is 0 Å². The molecule has 2 amide bonds. The molecule has 1 aromatic heterocycles. The van der Waals surface area contributed by atoms with Crippen molar-refractivity contribution in [2.45, 2.75) is 46.3 Å². The molecular formula is C21H28N4O3. The Morgan fingerprint density at radius 1 is 1.29 bits per heavy atom. The zero-order valence-corrected chi connectivity index (χ0v) is 16.7. The maximum Gasteiger partial charge on any atom is 0.254 e. The summed E-state index contributed by atoms with van der Waals surface area (Å²) in [6, 6.07) is 7.85. The molecule has 7 heteroatoms. The maximum absolute atomic E-state index is 12.7. The van der Waals surface area contributed by atoms with Gasteiger partial charge in [0.15, 0.2) is 0 Å². The quantitative estimate of drug-likeness (QED) is 0.765. The zero-order valence-electron chi connectivity index (χ0n) is 16.7. The summed E-state index contributed by atoms with van der Waals surface area (Å²) in [6.07, 6.45) is 3.16. The smallest absolute Gasteiger partial charge is 0.254 e. The van der Waals surface area contributed by atoms with E-state index in [2.05, 4.69) is 15.7 Å². The van der Waals surface area contributed by atoms with Crippen LogP contribution in [0.4, 0.5) is 0 Å². The fourth-order valence-corrected chi connectivity index (χ4v) is 3.37. The van der Waals surface area contributed by atoms with E-state index in [1.165, 1.54) is 12.5 Å². The number of rotatable bonds is 7. The number of nitrogens with one attached hydrogen (secondary N) is 2. The summed E-state index contributed by atoms with van der Waals surface area (Å²) >= 11 is 0. The largest absolute Gasteiger partial charge is 0.489 e. The topological polar surface area (TPSA) is 85.2 Å². The first kappa shape index (κ1) is 19.9. The molecule has 1 aliphatic heterocycles. The molecule has 0 radical (unpaired) electrons. The second-order valence-electron chi connectivity index (χ2n) is 7.48. The molecule has 2 N–H and O–H groups in total. The SMILES string of the molecule is CC(=O)NC[C@@H]1CCn2ncc(C(=O)NC[C@@H](C)Oc3ccc(C)cc3)c2C1. The van der Waals surface area contributed by atoms with Crippen molar-refractivity contribution >= 4 is 11.8 Å². The normalized spacial score (nSPS) is 16.8. The van der Waals surface area contributed by atoms with Gasteiger partial charge in [0.1, 0.15) is 11.9 Å². The van der Waals surface area contributed by atoms with E-state index in [0.717, 1.165) is 30.8 Å². The van der Waals surface area contributed by atoms with Gasteiger partial charge < -0.3 is 15.4 Å². The summed E-state index contributed by atoms with van der Waals surface area (Å²) < 4.78 is 7.74. The number of aromatic nitrogens is 2. The molecule has 3 rings (SSSR count). The molecule has 0 bridgehead atoms. The number of fused-ring (bicyclic) bond motifs is 1. The van der Waals surface area contributed by atoms with E-state index in [9.17, 15) is 9.59 Å². The van der Waals surface area contributed by atoms with E-state index in [-0.39, 0.29) is 17.9 Å². The van der Waals surface area contributed by atoms with Gasteiger partial charge in [-0.15, -0.1) is 0 Å². The third kappa shape index (κ3) is 5.12. The summed E-state index contributed by atoms with van der Waals surface area (Å²) in [5, 5.41) is 10.2. The van der Waals surface area contributed by atoms with Crippen LogP contribution in [-0.4, -0.2) is 40.8 Å². The highest BCUT2D eigenvalue weighted by molar-refractivity contribution is 5.95. The van der Waals surface area contributed by atoms with Crippen LogP contribution < -0.4 is 15.4 Å². The summed E-state index contributed by atoms with van der Waals surface area (Å²) in [5.74, 6) is 0.944. The van der Waals surface area contributed by atoms with Crippen LogP contribution in [0.1, 0.15) is 41.9 Å². The predicted molar refractivity (Wildman–Crippen MR) is 106 cm³/mol. The summed E-state index contributed by atoms with van der Waals surface area (Å²) in [7, 11) is 0. The van der Waals surface area contributed by atoms with Gasteiger partial charge in [0.05, 0.1) is 24.0 Å². The lowest BCUT2D eigenvalue weighted by atomic mass is 9.94. The number of aryl methyl sites for hydroxylation is 2. The Morgan fingerprint density at radius 3 is 2.75 bits per heavy atom. The van der Waals surface area contributed by atoms with Gasteiger partial charge in [-0.1, -0.05) is 17.7 Å². The number of ether oxygens (including phenoxy) is 1. The van der Waals surface area contributed by atoms with E-state index < -0.39 is 0 Å². The van der Waals surface area contributed by atoms with Crippen LogP contribution in [-0.2, 0) is 17.8 Å². The first-order valence-corrected chi connectivity index (χ1v) is 9.73. The summed E-state index contributed by atoms with van der Waals surface area (Å²) in [6.45, 7) is 7.28. The van der Waals surface area contributed by atoms with Crippen LogP contribution in [0.5, 0.6) is 5.75 Å². The Hall–Kier alpha value is -2.83. The van der Waals surface area contributed by atoms with Crippen molar-refractivity contribution in [2.24, 2.45) is 5.92 Å². The lowest BCUT2D eigenvalue weighted by molar-refractivity contribution is -0.119. The fourth-order valence-electron chi connectivity index (χ4n) is 3.37. The van der Waals surface area contributed by atoms with Crippen molar-refractivity contribution in [1.82, 2.24) is 20.4 Å². The molecule has 1 aliphatic rings. The Balaban J connectivity index is 1.54. The molecular weight excluding hydrogens is 356 g/mol. The van der Waals surface area contributed by atoms with Gasteiger partial charge in [0, 0.05) is 20.0 Å². The summed E-state index contributed by atoms with van der Waals surface area (Å²) in [4.78, 5) is 23.8. The molecule has 2 heterocycles. The van der Waals surface area contributed by atoms with Crippen molar-refractivity contribution in [1.29, 1.82) is 0 Å². The highest BCUT2D eigenvalue weighted by Gasteiger charge is 2.25. The number of carbonyl (C=O) groups is 2. The van der Waals surface area contributed by atoms with Crippen LogP contribution in [0, 0.1) is 12.8 Å². The summed E-state index contributed by atoms with van der Waals surface area (Å²) in [5.41, 5.74) is 2.72. The van der Waals surface area contributed by atoms with Gasteiger partial charge >= 0.3 is 0 Å². The molecule has 0 saturated carbocycles. The average Bonchev–Trinajstić information content (AvgIpc) is 3.09. The fraction of sp³-hybridized carbons (Fsp3) is 0.476. The van der Waals surface area contributed by atoms with Crippen LogP contribution >= 0.6 is 0 Å². The van der Waals surface area contributed by atoms with Crippen LogP contribution in [0.15, 0.2) is 30.5 Å². The van der Waals surface area contributed by atoms with Gasteiger partial charge in [-0.05, 0) is 44.7 Å². The molecule has 0 fully saturated rings. The molecule has 1 aromatic carbocycles. The lowest BCUT2D eigenvalue weighted by Crippen LogP contribution is -2.35. The number of hydrogen-bond acceptors (Lipinski definition) is 4. The number of benzene rings is 1.